The van der Waals surface area contributed by atoms with Crippen LogP contribution in [0.15, 0.2) is 35.3 Å². The van der Waals surface area contributed by atoms with Crippen LogP contribution < -0.4 is 4.90 Å². The maximum Gasteiger partial charge on any atom is 0.110 e. The van der Waals surface area contributed by atoms with E-state index in [4.69, 9.17) is 4.99 Å². The highest BCUT2D eigenvalue weighted by Gasteiger charge is 2.54. The van der Waals surface area contributed by atoms with Gasteiger partial charge in [0.2, 0.25) is 0 Å². The summed E-state index contributed by atoms with van der Waals surface area (Å²) in [6.45, 7) is 2.08. The van der Waals surface area contributed by atoms with E-state index in [0.29, 0.717) is 5.41 Å². The molecule has 21 heavy (non-hydrogen) atoms. The van der Waals surface area contributed by atoms with E-state index in [1.807, 2.05) is 0 Å². The van der Waals surface area contributed by atoms with E-state index in [2.05, 4.69) is 35.2 Å². The fraction of sp³-hybridized carbons (Fsp3) is 0.632. The van der Waals surface area contributed by atoms with E-state index in [0.717, 1.165) is 30.8 Å². The molecular weight excluding hydrogens is 256 g/mol. The van der Waals surface area contributed by atoms with Crippen molar-refractivity contribution >= 4 is 11.5 Å². The fourth-order valence-corrected chi connectivity index (χ4v) is 6.14. The molecule has 0 radical (unpaired) electrons. The number of aliphatic imine (C=N–C) groups is 1. The Morgan fingerprint density at radius 2 is 1.52 bits per heavy atom. The monoisotopic (exact) mass is 280 g/mol. The van der Waals surface area contributed by atoms with Crippen LogP contribution in [-0.4, -0.2) is 18.9 Å². The standard InChI is InChI=1S/C19H24N2/c1-2-4-17(5-3-1)21-7-6-20-18(21)19-11-14-8-15(12-19)10-16(9-14)13-19/h1-5,14-16H,6-13H2. The Hall–Kier alpha value is -1.31. The predicted octanol–water partition coefficient (Wildman–Crippen LogP) is 4.12. The second-order valence-electron chi connectivity index (χ2n) is 7.89. The molecule has 0 aromatic heterocycles. The molecular formula is C19H24N2. The van der Waals surface area contributed by atoms with Crippen molar-refractivity contribution in [2.24, 2.45) is 28.2 Å². The zero-order valence-corrected chi connectivity index (χ0v) is 12.7. The molecule has 0 N–H and O–H groups in total. The lowest BCUT2D eigenvalue weighted by atomic mass is 9.49. The first kappa shape index (κ1) is 12.3. The second-order valence-corrected chi connectivity index (χ2v) is 7.89. The molecule has 0 amide bonds. The van der Waals surface area contributed by atoms with Gasteiger partial charge in [0, 0.05) is 17.6 Å². The van der Waals surface area contributed by atoms with Gasteiger partial charge in [0.05, 0.1) is 6.54 Å². The Bertz CT molecular complexity index is 539. The van der Waals surface area contributed by atoms with E-state index in [9.17, 15) is 0 Å². The number of para-hydroxylation sites is 1. The molecule has 4 saturated carbocycles. The fourth-order valence-electron chi connectivity index (χ4n) is 6.14. The highest BCUT2D eigenvalue weighted by atomic mass is 15.3. The van der Waals surface area contributed by atoms with Gasteiger partial charge in [-0.2, -0.15) is 0 Å². The Labute approximate surface area is 127 Å². The zero-order chi connectivity index (χ0) is 13.9. The number of rotatable bonds is 2. The lowest BCUT2D eigenvalue weighted by Gasteiger charge is -2.57. The zero-order valence-electron chi connectivity index (χ0n) is 12.7. The van der Waals surface area contributed by atoms with Crippen molar-refractivity contribution in [3.8, 4) is 0 Å². The second kappa shape index (κ2) is 4.34. The van der Waals surface area contributed by atoms with Crippen molar-refractivity contribution in [1.29, 1.82) is 0 Å². The summed E-state index contributed by atoms with van der Waals surface area (Å²) < 4.78 is 0. The van der Waals surface area contributed by atoms with Gasteiger partial charge >= 0.3 is 0 Å². The summed E-state index contributed by atoms with van der Waals surface area (Å²) in [6.07, 6.45) is 8.79. The van der Waals surface area contributed by atoms with Crippen molar-refractivity contribution in [2.75, 3.05) is 18.0 Å². The third-order valence-electron chi connectivity index (χ3n) is 6.42. The first-order chi connectivity index (χ1) is 10.3. The van der Waals surface area contributed by atoms with Gasteiger partial charge in [-0.25, -0.2) is 0 Å². The van der Waals surface area contributed by atoms with Crippen LogP contribution in [0.1, 0.15) is 38.5 Å². The van der Waals surface area contributed by atoms with Crippen LogP contribution in [0, 0.1) is 23.2 Å². The minimum Gasteiger partial charge on any atom is -0.328 e. The van der Waals surface area contributed by atoms with Crippen molar-refractivity contribution in [1.82, 2.24) is 0 Å². The van der Waals surface area contributed by atoms with Crippen LogP contribution >= 0.6 is 0 Å². The van der Waals surface area contributed by atoms with Crippen LogP contribution in [-0.2, 0) is 0 Å². The van der Waals surface area contributed by atoms with Crippen LogP contribution in [0.5, 0.6) is 0 Å². The third-order valence-corrected chi connectivity index (χ3v) is 6.42. The molecule has 4 fully saturated rings. The van der Waals surface area contributed by atoms with Crippen molar-refractivity contribution in [3.05, 3.63) is 30.3 Å². The minimum absolute atomic E-state index is 0.432. The van der Waals surface area contributed by atoms with Crippen molar-refractivity contribution in [2.45, 2.75) is 38.5 Å². The molecule has 4 aliphatic carbocycles. The molecule has 6 rings (SSSR count). The van der Waals surface area contributed by atoms with Crippen molar-refractivity contribution < 1.29 is 0 Å². The molecule has 2 heteroatoms. The van der Waals surface area contributed by atoms with Crippen LogP contribution in [0.3, 0.4) is 0 Å². The highest BCUT2D eigenvalue weighted by molar-refractivity contribution is 6.03. The van der Waals surface area contributed by atoms with E-state index in [1.54, 1.807) is 0 Å². The smallest absolute Gasteiger partial charge is 0.110 e. The Morgan fingerprint density at radius 3 is 2.14 bits per heavy atom. The van der Waals surface area contributed by atoms with Crippen molar-refractivity contribution in [3.63, 3.8) is 0 Å². The quantitative estimate of drug-likeness (QED) is 0.795. The molecule has 1 heterocycles. The largest absolute Gasteiger partial charge is 0.328 e. The SMILES string of the molecule is c1ccc(N2CCN=C2C23CC4CC(CC(C4)C2)C3)cc1. The number of nitrogens with zero attached hydrogens (tertiary/aromatic N) is 2. The summed E-state index contributed by atoms with van der Waals surface area (Å²) in [5.74, 6) is 4.44. The van der Waals surface area contributed by atoms with Gasteiger partial charge in [0.25, 0.3) is 0 Å². The number of hydrogen-bond donors (Lipinski definition) is 0. The minimum atomic E-state index is 0.432. The Morgan fingerprint density at radius 1 is 0.905 bits per heavy atom. The Kier molecular flexibility index (Phi) is 2.54. The molecule has 4 bridgehead atoms. The van der Waals surface area contributed by atoms with Gasteiger partial charge in [-0.1, -0.05) is 18.2 Å². The number of benzene rings is 1. The van der Waals surface area contributed by atoms with Gasteiger partial charge in [0.15, 0.2) is 0 Å². The molecule has 0 unspecified atom stereocenters. The third kappa shape index (κ3) is 1.81. The summed E-state index contributed by atoms with van der Waals surface area (Å²) >= 11 is 0. The highest BCUT2D eigenvalue weighted by Crippen LogP contribution is 2.61. The lowest BCUT2D eigenvalue weighted by molar-refractivity contribution is -0.0129. The van der Waals surface area contributed by atoms with E-state index in [1.165, 1.54) is 50.0 Å². The number of hydrogen-bond acceptors (Lipinski definition) is 2. The first-order valence-electron chi connectivity index (χ1n) is 8.70. The molecule has 2 nitrogen and oxygen atoms in total. The topological polar surface area (TPSA) is 15.6 Å². The van der Waals surface area contributed by atoms with E-state index >= 15 is 0 Å². The number of amidine groups is 1. The average Bonchev–Trinajstić information content (AvgIpc) is 2.97. The molecule has 0 atom stereocenters. The van der Waals surface area contributed by atoms with Gasteiger partial charge in [-0.05, 0) is 68.4 Å². The van der Waals surface area contributed by atoms with Gasteiger partial charge in [0.1, 0.15) is 5.84 Å². The summed E-state index contributed by atoms with van der Waals surface area (Å²) in [5, 5.41) is 0. The predicted molar refractivity (Wildman–Crippen MR) is 86.7 cm³/mol. The maximum absolute atomic E-state index is 5.03. The molecule has 0 spiro atoms. The number of anilines is 1. The molecule has 1 aromatic carbocycles. The van der Waals surface area contributed by atoms with Crippen LogP contribution in [0.4, 0.5) is 5.69 Å². The Balaban J connectivity index is 1.52. The normalized spacial score (nSPS) is 40.7. The molecule has 110 valence electrons. The summed E-state index contributed by atoms with van der Waals surface area (Å²) in [7, 11) is 0. The van der Waals surface area contributed by atoms with Gasteiger partial charge < -0.3 is 4.90 Å². The molecule has 1 aliphatic heterocycles. The molecule has 0 saturated heterocycles. The summed E-state index contributed by atoms with van der Waals surface area (Å²) in [6, 6.07) is 10.9. The van der Waals surface area contributed by atoms with Gasteiger partial charge in [-0.3, -0.25) is 4.99 Å². The van der Waals surface area contributed by atoms with Crippen LogP contribution in [0.25, 0.3) is 0 Å². The summed E-state index contributed by atoms with van der Waals surface area (Å²) in [4.78, 5) is 7.56. The van der Waals surface area contributed by atoms with Crippen LogP contribution in [0.2, 0.25) is 0 Å². The van der Waals surface area contributed by atoms with E-state index < -0.39 is 0 Å². The van der Waals surface area contributed by atoms with E-state index in [-0.39, 0.29) is 0 Å². The van der Waals surface area contributed by atoms with Gasteiger partial charge in [-0.15, -0.1) is 0 Å². The maximum atomic E-state index is 5.03. The summed E-state index contributed by atoms with van der Waals surface area (Å²) in [5.41, 5.74) is 1.78. The first-order valence-corrected chi connectivity index (χ1v) is 8.70. The molecule has 5 aliphatic rings. The average molecular weight is 280 g/mol. The lowest BCUT2D eigenvalue weighted by Crippen LogP contribution is -2.53. The molecule has 1 aromatic rings.